The lowest BCUT2D eigenvalue weighted by Crippen LogP contribution is -2.13. The van der Waals surface area contributed by atoms with Crippen LogP contribution >= 0.6 is 11.3 Å². The number of aromatic carboxylic acids is 1. The zero-order valence-corrected chi connectivity index (χ0v) is 11.5. The fraction of sp³-hybridized carbons (Fsp3) is 0.500. The van der Waals surface area contributed by atoms with Crippen LogP contribution in [0.1, 0.15) is 33.6 Å². The number of aryl methyl sites for hydroxylation is 1. The predicted octanol–water partition coefficient (Wildman–Crippen LogP) is 2.43. The molecule has 0 saturated carbocycles. The van der Waals surface area contributed by atoms with Crippen LogP contribution in [0.15, 0.2) is 0 Å². The second kappa shape index (κ2) is 6.51. The van der Waals surface area contributed by atoms with Crippen molar-refractivity contribution in [3.05, 3.63) is 16.0 Å². The molecule has 2 N–H and O–H groups in total. The van der Waals surface area contributed by atoms with Crippen LogP contribution in [0.2, 0.25) is 0 Å². The maximum Gasteiger partial charge on any atom is 0.338 e. The summed E-state index contributed by atoms with van der Waals surface area (Å²) in [5, 5.41) is 12.2. The van der Waals surface area contributed by atoms with Crippen LogP contribution in [-0.2, 0) is 9.53 Å². The third kappa shape index (κ3) is 3.54. The molecule has 1 heterocycles. The summed E-state index contributed by atoms with van der Waals surface area (Å²) in [5.41, 5.74) is 0.900. The van der Waals surface area contributed by atoms with E-state index in [4.69, 9.17) is 9.84 Å². The molecule has 0 aliphatic carbocycles. The molecule has 1 rings (SSSR count). The number of carbonyl (C=O) groups excluding carboxylic acids is 1. The molecule has 1 aromatic rings. The van der Waals surface area contributed by atoms with Crippen molar-refractivity contribution in [2.24, 2.45) is 0 Å². The summed E-state index contributed by atoms with van der Waals surface area (Å²) in [4.78, 5) is 23.7. The highest BCUT2D eigenvalue weighted by Gasteiger charge is 2.19. The Hall–Kier alpha value is -1.40. The number of amides is 1. The number of ether oxygens (including phenoxy) is 1. The number of thiophene rings is 1. The summed E-state index contributed by atoms with van der Waals surface area (Å²) in [7, 11) is 1.58. The lowest BCUT2D eigenvalue weighted by Gasteiger charge is -2.04. The van der Waals surface area contributed by atoms with Gasteiger partial charge in [0.05, 0.1) is 5.56 Å². The predicted molar refractivity (Wildman–Crippen MR) is 70.5 cm³/mol. The normalized spacial score (nSPS) is 10.4. The molecule has 1 aromatic heterocycles. The van der Waals surface area contributed by atoms with Gasteiger partial charge in [-0.15, -0.1) is 11.3 Å². The van der Waals surface area contributed by atoms with Gasteiger partial charge in [0.1, 0.15) is 5.00 Å². The number of hydrogen-bond donors (Lipinski definition) is 2. The van der Waals surface area contributed by atoms with Crippen molar-refractivity contribution in [3.8, 4) is 0 Å². The molecule has 0 saturated heterocycles. The molecule has 0 bridgehead atoms. The van der Waals surface area contributed by atoms with Crippen LogP contribution in [0, 0.1) is 13.8 Å². The van der Waals surface area contributed by atoms with Crippen molar-refractivity contribution in [2.45, 2.75) is 26.7 Å². The van der Waals surface area contributed by atoms with E-state index >= 15 is 0 Å². The lowest BCUT2D eigenvalue weighted by atomic mass is 10.1. The van der Waals surface area contributed by atoms with E-state index in [0.29, 0.717) is 30.0 Å². The minimum Gasteiger partial charge on any atom is -0.478 e. The van der Waals surface area contributed by atoms with E-state index < -0.39 is 5.97 Å². The molecule has 18 heavy (non-hydrogen) atoms. The number of methoxy groups -OCH3 is 1. The van der Waals surface area contributed by atoms with Gasteiger partial charge in [0.2, 0.25) is 5.91 Å². The summed E-state index contributed by atoms with van der Waals surface area (Å²) in [6.45, 7) is 4.10. The summed E-state index contributed by atoms with van der Waals surface area (Å²) in [6, 6.07) is 0. The molecular formula is C12H17NO4S. The number of nitrogens with one attached hydrogen (secondary N) is 1. The summed E-state index contributed by atoms with van der Waals surface area (Å²) in [6.07, 6.45) is 0.941. The molecule has 0 atom stereocenters. The van der Waals surface area contributed by atoms with Crippen LogP contribution in [0.3, 0.4) is 0 Å². The highest BCUT2D eigenvalue weighted by atomic mass is 32.1. The number of carboxylic acids is 1. The molecule has 0 spiro atoms. The molecule has 6 heteroatoms. The number of carboxylic acid groups (broad SMARTS) is 1. The largest absolute Gasteiger partial charge is 0.478 e. The van der Waals surface area contributed by atoms with Gasteiger partial charge >= 0.3 is 5.97 Å². The third-order valence-electron chi connectivity index (χ3n) is 2.60. The maximum absolute atomic E-state index is 11.6. The Balaban J connectivity index is 2.75. The van der Waals surface area contributed by atoms with E-state index in [-0.39, 0.29) is 11.5 Å². The van der Waals surface area contributed by atoms with E-state index in [1.54, 1.807) is 14.0 Å². The Kier molecular flexibility index (Phi) is 5.30. The van der Waals surface area contributed by atoms with Crippen LogP contribution in [-0.4, -0.2) is 30.7 Å². The molecule has 0 aromatic carbocycles. The first-order valence-corrected chi connectivity index (χ1v) is 6.41. The zero-order valence-electron chi connectivity index (χ0n) is 10.7. The number of hydrogen-bond acceptors (Lipinski definition) is 4. The highest BCUT2D eigenvalue weighted by Crippen LogP contribution is 2.32. The first-order valence-electron chi connectivity index (χ1n) is 5.59. The minimum absolute atomic E-state index is 0.184. The minimum atomic E-state index is -1.01. The van der Waals surface area contributed by atoms with Crippen molar-refractivity contribution in [1.29, 1.82) is 0 Å². The van der Waals surface area contributed by atoms with Crippen LogP contribution in [0.25, 0.3) is 0 Å². The second-order valence-electron chi connectivity index (χ2n) is 3.94. The van der Waals surface area contributed by atoms with E-state index in [2.05, 4.69) is 5.32 Å². The topological polar surface area (TPSA) is 75.6 Å². The fourth-order valence-corrected chi connectivity index (χ4v) is 2.61. The Morgan fingerprint density at radius 3 is 2.61 bits per heavy atom. The molecular weight excluding hydrogens is 254 g/mol. The molecule has 1 amide bonds. The van der Waals surface area contributed by atoms with Crippen LogP contribution < -0.4 is 5.32 Å². The van der Waals surface area contributed by atoms with E-state index in [1.165, 1.54) is 11.3 Å². The van der Waals surface area contributed by atoms with Gasteiger partial charge in [-0.2, -0.15) is 0 Å². The molecule has 5 nitrogen and oxygen atoms in total. The number of rotatable bonds is 6. The first kappa shape index (κ1) is 14.7. The summed E-state index contributed by atoms with van der Waals surface area (Å²) >= 11 is 1.29. The maximum atomic E-state index is 11.6. The Morgan fingerprint density at radius 1 is 1.39 bits per heavy atom. The van der Waals surface area contributed by atoms with Gasteiger partial charge in [-0.1, -0.05) is 0 Å². The van der Waals surface area contributed by atoms with E-state index in [0.717, 1.165) is 4.88 Å². The summed E-state index contributed by atoms with van der Waals surface area (Å²) in [5.74, 6) is -1.19. The molecule has 0 aliphatic heterocycles. The van der Waals surface area contributed by atoms with Gasteiger partial charge in [0, 0.05) is 25.0 Å². The van der Waals surface area contributed by atoms with E-state index in [1.807, 2.05) is 6.92 Å². The van der Waals surface area contributed by atoms with Gasteiger partial charge < -0.3 is 15.2 Å². The van der Waals surface area contributed by atoms with Crippen molar-refractivity contribution >= 4 is 28.2 Å². The lowest BCUT2D eigenvalue weighted by molar-refractivity contribution is -0.116. The first-order chi connectivity index (χ1) is 8.47. The molecule has 0 fully saturated rings. The van der Waals surface area contributed by atoms with Gasteiger partial charge in [-0.25, -0.2) is 4.79 Å². The van der Waals surface area contributed by atoms with Gasteiger partial charge in [0.15, 0.2) is 0 Å². The average molecular weight is 271 g/mol. The van der Waals surface area contributed by atoms with Crippen molar-refractivity contribution < 1.29 is 19.4 Å². The highest BCUT2D eigenvalue weighted by molar-refractivity contribution is 7.16. The van der Waals surface area contributed by atoms with Gasteiger partial charge in [0.25, 0.3) is 0 Å². The molecule has 0 unspecified atom stereocenters. The number of carbonyl (C=O) groups is 2. The molecule has 0 radical (unpaired) electrons. The van der Waals surface area contributed by atoms with Gasteiger partial charge in [-0.05, 0) is 25.8 Å². The van der Waals surface area contributed by atoms with Gasteiger partial charge in [-0.3, -0.25) is 4.79 Å². The summed E-state index contributed by atoms with van der Waals surface area (Å²) < 4.78 is 4.86. The molecule has 100 valence electrons. The average Bonchev–Trinajstić information content (AvgIpc) is 2.54. The van der Waals surface area contributed by atoms with Crippen molar-refractivity contribution in [2.75, 3.05) is 19.0 Å². The smallest absolute Gasteiger partial charge is 0.338 e. The SMILES string of the molecule is COCCCC(=O)Nc1sc(C)c(C)c1C(=O)O. The van der Waals surface area contributed by atoms with Crippen LogP contribution in [0.5, 0.6) is 0 Å². The number of anilines is 1. The Morgan fingerprint density at radius 2 is 2.06 bits per heavy atom. The Bertz CT molecular complexity index is 453. The van der Waals surface area contributed by atoms with Crippen molar-refractivity contribution in [1.82, 2.24) is 0 Å². The third-order valence-corrected chi connectivity index (χ3v) is 3.73. The van der Waals surface area contributed by atoms with Crippen molar-refractivity contribution in [3.63, 3.8) is 0 Å². The second-order valence-corrected chi connectivity index (χ2v) is 5.16. The Labute approximate surface area is 110 Å². The van der Waals surface area contributed by atoms with E-state index in [9.17, 15) is 9.59 Å². The standard InChI is InChI=1S/C12H17NO4S/c1-7-8(2)18-11(10(7)12(15)16)13-9(14)5-4-6-17-3/h4-6H2,1-3H3,(H,13,14)(H,15,16). The fourth-order valence-electron chi connectivity index (χ4n) is 1.54. The molecule has 0 aliphatic rings. The quantitative estimate of drug-likeness (QED) is 0.779. The monoisotopic (exact) mass is 271 g/mol. The zero-order chi connectivity index (χ0) is 13.7. The van der Waals surface area contributed by atoms with Crippen LogP contribution in [0.4, 0.5) is 5.00 Å².